The van der Waals surface area contributed by atoms with Gasteiger partial charge in [0.2, 0.25) is 0 Å². The van der Waals surface area contributed by atoms with Crippen molar-refractivity contribution in [3.63, 3.8) is 0 Å². The van der Waals surface area contributed by atoms with Gasteiger partial charge in [-0.3, -0.25) is 9.78 Å². The molecule has 3 rings (SSSR count). The number of anilines is 2. The van der Waals surface area contributed by atoms with Crippen LogP contribution in [0.2, 0.25) is 0 Å². The van der Waals surface area contributed by atoms with Crippen molar-refractivity contribution in [2.45, 2.75) is 32.7 Å². The van der Waals surface area contributed by atoms with E-state index in [0.29, 0.717) is 11.6 Å². The Labute approximate surface area is 148 Å². The van der Waals surface area contributed by atoms with Crippen molar-refractivity contribution >= 4 is 17.7 Å². The van der Waals surface area contributed by atoms with Crippen LogP contribution in [-0.2, 0) is 0 Å². The minimum Gasteiger partial charge on any atom is -0.381 e. The van der Waals surface area contributed by atoms with Crippen molar-refractivity contribution in [2.75, 3.05) is 23.3 Å². The van der Waals surface area contributed by atoms with Crippen molar-refractivity contribution in [2.24, 2.45) is 0 Å². The van der Waals surface area contributed by atoms with Crippen molar-refractivity contribution in [1.82, 2.24) is 4.98 Å². The summed E-state index contributed by atoms with van der Waals surface area (Å²) < 4.78 is 0. The van der Waals surface area contributed by atoms with E-state index in [4.69, 9.17) is 0 Å². The zero-order valence-corrected chi connectivity index (χ0v) is 14.6. The lowest BCUT2D eigenvalue weighted by Crippen LogP contribution is -2.39. The molecule has 25 heavy (non-hydrogen) atoms. The Morgan fingerprint density at radius 1 is 1.24 bits per heavy atom. The zero-order valence-electron chi connectivity index (χ0n) is 14.6. The number of aldehydes is 1. The van der Waals surface area contributed by atoms with Crippen LogP contribution in [0.1, 0.15) is 40.2 Å². The summed E-state index contributed by atoms with van der Waals surface area (Å²) in [4.78, 5) is 17.9. The molecule has 0 spiro atoms. The molecule has 5 heteroatoms. The number of carbonyl (C=O) groups excluding carboxylic acids is 1. The number of para-hydroxylation sites is 1. The first-order valence-corrected chi connectivity index (χ1v) is 8.56. The standard InChI is InChI=1S/C20H22N4O/c1-14-17(13-25)11-19(15(2)22-14)23-18-7-9-24(10-8-18)20-6-4-3-5-16(20)12-21/h3-6,11,13,18,23H,7-10H2,1-2H3. The Morgan fingerprint density at radius 3 is 2.64 bits per heavy atom. The minimum atomic E-state index is 0.341. The van der Waals surface area contributed by atoms with E-state index < -0.39 is 0 Å². The molecule has 1 aromatic carbocycles. The SMILES string of the molecule is Cc1nc(C)c(NC2CCN(c3ccccc3C#N)CC2)cc1C=O. The fourth-order valence-corrected chi connectivity index (χ4v) is 3.33. The van der Waals surface area contributed by atoms with E-state index in [1.54, 1.807) is 0 Å². The van der Waals surface area contributed by atoms with Crippen LogP contribution in [0, 0.1) is 25.2 Å². The van der Waals surface area contributed by atoms with Gasteiger partial charge < -0.3 is 10.2 Å². The van der Waals surface area contributed by atoms with Crippen LogP contribution in [0.15, 0.2) is 30.3 Å². The third-order valence-electron chi connectivity index (χ3n) is 4.79. The molecule has 2 heterocycles. The summed E-state index contributed by atoms with van der Waals surface area (Å²) in [6.45, 7) is 5.61. The zero-order chi connectivity index (χ0) is 17.8. The highest BCUT2D eigenvalue weighted by Crippen LogP contribution is 2.26. The average Bonchev–Trinajstić information content (AvgIpc) is 2.64. The fourth-order valence-electron chi connectivity index (χ4n) is 3.33. The first-order chi connectivity index (χ1) is 12.1. The molecule has 0 aliphatic carbocycles. The Bertz CT molecular complexity index is 817. The Hall–Kier alpha value is -2.87. The van der Waals surface area contributed by atoms with E-state index in [0.717, 1.165) is 60.5 Å². The summed E-state index contributed by atoms with van der Waals surface area (Å²) in [6.07, 6.45) is 2.81. The molecule has 1 N–H and O–H groups in total. The van der Waals surface area contributed by atoms with Crippen LogP contribution >= 0.6 is 0 Å². The lowest BCUT2D eigenvalue weighted by molar-refractivity contribution is 0.112. The number of rotatable bonds is 4. The van der Waals surface area contributed by atoms with Gasteiger partial charge in [0, 0.05) is 30.4 Å². The predicted octanol–water partition coefficient (Wildman–Crippen LogP) is 3.46. The molecular weight excluding hydrogens is 312 g/mol. The van der Waals surface area contributed by atoms with Crippen LogP contribution in [0.3, 0.4) is 0 Å². The third kappa shape index (κ3) is 3.63. The number of benzene rings is 1. The summed E-state index contributed by atoms with van der Waals surface area (Å²) in [5.74, 6) is 0. The molecule has 1 fully saturated rings. The second kappa shape index (κ2) is 7.35. The highest BCUT2D eigenvalue weighted by atomic mass is 16.1. The summed E-state index contributed by atoms with van der Waals surface area (Å²) in [7, 11) is 0. The van der Waals surface area contributed by atoms with Crippen molar-refractivity contribution in [3.8, 4) is 6.07 Å². The number of hydrogen-bond acceptors (Lipinski definition) is 5. The molecule has 0 atom stereocenters. The van der Waals surface area contributed by atoms with Gasteiger partial charge in [0.15, 0.2) is 6.29 Å². The van der Waals surface area contributed by atoms with Gasteiger partial charge in [0.05, 0.1) is 22.6 Å². The number of pyridine rings is 1. The molecule has 1 saturated heterocycles. The largest absolute Gasteiger partial charge is 0.381 e. The van der Waals surface area contributed by atoms with Gasteiger partial charge in [-0.25, -0.2) is 0 Å². The first-order valence-electron chi connectivity index (χ1n) is 8.56. The summed E-state index contributed by atoms with van der Waals surface area (Å²) >= 11 is 0. The van der Waals surface area contributed by atoms with Gasteiger partial charge in [-0.15, -0.1) is 0 Å². The number of piperidine rings is 1. The highest BCUT2D eigenvalue weighted by Gasteiger charge is 2.21. The van der Waals surface area contributed by atoms with Crippen LogP contribution in [0.25, 0.3) is 0 Å². The summed E-state index contributed by atoms with van der Waals surface area (Å²) in [6, 6.07) is 12.2. The molecule has 1 aliphatic heterocycles. The van der Waals surface area contributed by atoms with Crippen LogP contribution in [0.4, 0.5) is 11.4 Å². The van der Waals surface area contributed by atoms with Gasteiger partial charge in [0.25, 0.3) is 0 Å². The number of nitriles is 1. The normalized spacial score (nSPS) is 14.8. The predicted molar refractivity (Wildman–Crippen MR) is 99.1 cm³/mol. The summed E-state index contributed by atoms with van der Waals surface area (Å²) in [5.41, 5.74) is 4.99. The molecule has 5 nitrogen and oxygen atoms in total. The number of aryl methyl sites for hydroxylation is 2. The van der Waals surface area contributed by atoms with Crippen molar-refractivity contribution in [3.05, 3.63) is 52.8 Å². The smallest absolute Gasteiger partial charge is 0.151 e. The highest BCUT2D eigenvalue weighted by molar-refractivity contribution is 5.78. The number of aromatic nitrogens is 1. The average molecular weight is 334 g/mol. The maximum atomic E-state index is 11.1. The maximum absolute atomic E-state index is 11.1. The Kier molecular flexibility index (Phi) is 4.99. The summed E-state index contributed by atoms with van der Waals surface area (Å²) in [5, 5.41) is 12.8. The van der Waals surface area contributed by atoms with E-state index in [9.17, 15) is 10.1 Å². The monoisotopic (exact) mass is 334 g/mol. The van der Waals surface area contributed by atoms with E-state index in [-0.39, 0.29) is 0 Å². The van der Waals surface area contributed by atoms with Crippen molar-refractivity contribution in [1.29, 1.82) is 5.26 Å². The van der Waals surface area contributed by atoms with Gasteiger partial charge >= 0.3 is 0 Å². The number of hydrogen-bond donors (Lipinski definition) is 1. The van der Waals surface area contributed by atoms with Gasteiger partial charge in [-0.2, -0.15) is 5.26 Å². The van der Waals surface area contributed by atoms with Gasteiger partial charge in [-0.05, 0) is 44.9 Å². The first kappa shape index (κ1) is 17.0. The number of carbonyl (C=O) groups is 1. The molecule has 0 amide bonds. The van der Waals surface area contributed by atoms with Gasteiger partial charge in [-0.1, -0.05) is 12.1 Å². The quantitative estimate of drug-likeness (QED) is 0.867. The molecule has 0 saturated carbocycles. The van der Waals surface area contributed by atoms with E-state index in [1.807, 2.05) is 44.2 Å². The van der Waals surface area contributed by atoms with Crippen LogP contribution in [0.5, 0.6) is 0 Å². The lowest BCUT2D eigenvalue weighted by atomic mass is 10.0. The van der Waals surface area contributed by atoms with E-state index in [1.165, 1.54) is 0 Å². The number of nitrogens with one attached hydrogen (secondary N) is 1. The van der Waals surface area contributed by atoms with Crippen LogP contribution in [-0.4, -0.2) is 30.4 Å². The molecule has 1 aromatic heterocycles. The molecular formula is C20H22N4O. The minimum absolute atomic E-state index is 0.341. The Morgan fingerprint density at radius 2 is 1.96 bits per heavy atom. The molecule has 1 aliphatic rings. The third-order valence-corrected chi connectivity index (χ3v) is 4.79. The fraction of sp³-hybridized carbons (Fsp3) is 0.350. The molecule has 0 bridgehead atoms. The molecule has 2 aromatic rings. The lowest BCUT2D eigenvalue weighted by Gasteiger charge is -2.35. The maximum Gasteiger partial charge on any atom is 0.151 e. The molecule has 0 unspecified atom stereocenters. The Balaban J connectivity index is 1.67. The van der Waals surface area contributed by atoms with E-state index >= 15 is 0 Å². The molecule has 128 valence electrons. The second-order valence-electron chi connectivity index (χ2n) is 6.45. The topological polar surface area (TPSA) is 69.0 Å². The second-order valence-corrected chi connectivity index (χ2v) is 6.45. The van der Waals surface area contributed by atoms with E-state index in [2.05, 4.69) is 21.3 Å². The molecule has 0 radical (unpaired) electrons. The number of nitrogens with zero attached hydrogens (tertiary/aromatic N) is 3. The van der Waals surface area contributed by atoms with Gasteiger partial charge in [0.1, 0.15) is 6.07 Å². The van der Waals surface area contributed by atoms with Crippen LogP contribution < -0.4 is 10.2 Å². The van der Waals surface area contributed by atoms with Crippen molar-refractivity contribution < 1.29 is 4.79 Å².